The number of Topliss-reactive ketones (excluding diaryl/α,β-unsaturated/α-hetero) is 1. The van der Waals surface area contributed by atoms with E-state index >= 15 is 0 Å². The highest BCUT2D eigenvalue weighted by molar-refractivity contribution is 6.33. The van der Waals surface area contributed by atoms with Gasteiger partial charge >= 0.3 is 0 Å². The van der Waals surface area contributed by atoms with Gasteiger partial charge in [0.15, 0.2) is 5.78 Å². The average molecular weight is 362 g/mol. The van der Waals surface area contributed by atoms with Crippen LogP contribution in [0.1, 0.15) is 22.8 Å². The summed E-state index contributed by atoms with van der Waals surface area (Å²) in [6.07, 6.45) is 1.71. The van der Waals surface area contributed by atoms with Crippen LogP contribution in [0.15, 0.2) is 41.4 Å². The normalized spacial score (nSPS) is 10.9. The maximum atomic E-state index is 12.9. The van der Waals surface area contributed by atoms with Gasteiger partial charge < -0.3 is 10.2 Å². The SMILES string of the molecule is CCN(C)C=Nc1cc(C)c(C(=O)CNc2ccc(F)cc2)cc1Cl. The molecule has 4 nitrogen and oxygen atoms in total. The molecule has 0 aliphatic carbocycles. The third kappa shape index (κ3) is 5.29. The summed E-state index contributed by atoms with van der Waals surface area (Å²) in [5.41, 5.74) is 2.66. The molecule has 0 heterocycles. The number of ketones is 1. The molecular formula is C19H21ClFN3O. The monoisotopic (exact) mass is 361 g/mol. The molecule has 2 aromatic rings. The van der Waals surface area contributed by atoms with Crippen LogP contribution in [0.4, 0.5) is 15.8 Å². The number of benzene rings is 2. The summed E-state index contributed by atoms with van der Waals surface area (Å²) in [7, 11) is 1.92. The third-order valence-corrected chi connectivity index (χ3v) is 4.09. The van der Waals surface area contributed by atoms with Crippen molar-refractivity contribution in [2.75, 3.05) is 25.5 Å². The summed E-state index contributed by atoms with van der Waals surface area (Å²) in [4.78, 5) is 18.7. The lowest BCUT2D eigenvalue weighted by Crippen LogP contribution is -2.15. The minimum absolute atomic E-state index is 0.0927. The largest absolute Gasteiger partial charge is 0.378 e. The van der Waals surface area contributed by atoms with Crippen molar-refractivity contribution in [2.24, 2.45) is 4.99 Å². The van der Waals surface area contributed by atoms with Crippen LogP contribution >= 0.6 is 11.6 Å². The Hall–Kier alpha value is -2.40. The molecule has 2 aromatic carbocycles. The third-order valence-electron chi connectivity index (χ3n) is 3.78. The van der Waals surface area contributed by atoms with E-state index in [0.29, 0.717) is 22.0 Å². The van der Waals surface area contributed by atoms with Crippen molar-refractivity contribution in [1.29, 1.82) is 0 Å². The van der Waals surface area contributed by atoms with Crippen molar-refractivity contribution in [2.45, 2.75) is 13.8 Å². The van der Waals surface area contributed by atoms with Gasteiger partial charge in [-0.2, -0.15) is 0 Å². The minimum Gasteiger partial charge on any atom is -0.378 e. The Labute approximate surface area is 152 Å². The average Bonchev–Trinajstić information content (AvgIpc) is 2.61. The molecule has 2 rings (SSSR count). The highest BCUT2D eigenvalue weighted by atomic mass is 35.5. The van der Waals surface area contributed by atoms with Gasteiger partial charge in [0, 0.05) is 24.8 Å². The predicted octanol–water partition coefficient (Wildman–Crippen LogP) is 4.69. The lowest BCUT2D eigenvalue weighted by Gasteiger charge is -2.11. The van der Waals surface area contributed by atoms with Gasteiger partial charge in [-0.25, -0.2) is 9.38 Å². The molecule has 0 radical (unpaired) electrons. The zero-order valence-corrected chi connectivity index (χ0v) is 15.3. The van der Waals surface area contributed by atoms with Crippen molar-refractivity contribution in [3.05, 3.63) is 58.4 Å². The highest BCUT2D eigenvalue weighted by Crippen LogP contribution is 2.28. The van der Waals surface area contributed by atoms with E-state index in [1.54, 1.807) is 30.6 Å². The number of rotatable bonds is 7. The second kappa shape index (κ2) is 8.62. The van der Waals surface area contributed by atoms with Crippen LogP contribution in [0.2, 0.25) is 5.02 Å². The van der Waals surface area contributed by atoms with Crippen molar-refractivity contribution >= 4 is 35.1 Å². The summed E-state index contributed by atoms with van der Waals surface area (Å²) in [5.74, 6) is -0.408. The van der Waals surface area contributed by atoms with Gasteiger partial charge in [0.05, 0.1) is 23.6 Å². The first kappa shape index (κ1) is 18.9. The van der Waals surface area contributed by atoms with Crippen molar-refractivity contribution < 1.29 is 9.18 Å². The summed E-state index contributed by atoms with van der Waals surface area (Å²) in [6.45, 7) is 4.81. The van der Waals surface area contributed by atoms with E-state index in [4.69, 9.17) is 11.6 Å². The lowest BCUT2D eigenvalue weighted by molar-refractivity contribution is 0.101. The number of halogens is 2. The molecule has 0 fully saturated rings. The van der Waals surface area contributed by atoms with Crippen LogP contribution in [0, 0.1) is 12.7 Å². The number of nitrogens with zero attached hydrogens (tertiary/aromatic N) is 2. The first-order valence-electron chi connectivity index (χ1n) is 7.98. The second-order valence-electron chi connectivity index (χ2n) is 5.72. The summed E-state index contributed by atoms with van der Waals surface area (Å²) in [6, 6.07) is 9.30. The van der Waals surface area contributed by atoms with Gasteiger partial charge in [-0.3, -0.25) is 4.79 Å². The number of aliphatic imine (C=N–C) groups is 1. The Bertz CT molecular complexity index is 775. The fourth-order valence-electron chi connectivity index (χ4n) is 2.15. The second-order valence-corrected chi connectivity index (χ2v) is 6.13. The van der Waals surface area contributed by atoms with Gasteiger partial charge in [0.25, 0.3) is 0 Å². The van der Waals surface area contributed by atoms with Crippen LogP contribution in [-0.4, -0.2) is 37.2 Å². The highest BCUT2D eigenvalue weighted by Gasteiger charge is 2.12. The van der Waals surface area contributed by atoms with E-state index in [0.717, 1.165) is 12.1 Å². The van der Waals surface area contributed by atoms with Crippen LogP contribution in [0.5, 0.6) is 0 Å². The number of hydrogen-bond acceptors (Lipinski definition) is 3. The molecule has 0 spiro atoms. The van der Waals surface area contributed by atoms with E-state index < -0.39 is 0 Å². The number of carbonyl (C=O) groups is 1. The van der Waals surface area contributed by atoms with E-state index in [2.05, 4.69) is 10.3 Å². The molecule has 1 N–H and O–H groups in total. The molecule has 132 valence electrons. The van der Waals surface area contributed by atoms with Crippen LogP contribution in [0.3, 0.4) is 0 Å². The number of hydrogen-bond donors (Lipinski definition) is 1. The van der Waals surface area contributed by atoms with Crippen molar-refractivity contribution in [3.63, 3.8) is 0 Å². The van der Waals surface area contributed by atoms with E-state index in [1.165, 1.54) is 12.1 Å². The Kier molecular flexibility index (Phi) is 6.53. The molecule has 0 amide bonds. The first-order valence-corrected chi connectivity index (χ1v) is 8.35. The smallest absolute Gasteiger partial charge is 0.182 e. The zero-order chi connectivity index (χ0) is 18.4. The topological polar surface area (TPSA) is 44.7 Å². The van der Waals surface area contributed by atoms with Crippen molar-refractivity contribution in [1.82, 2.24) is 4.90 Å². The number of nitrogens with one attached hydrogen (secondary N) is 1. The Morgan fingerprint density at radius 3 is 2.64 bits per heavy atom. The summed E-state index contributed by atoms with van der Waals surface area (Å²) < 4.78 is 12.9. The van der Waals surface area contributed by atoms with Gasteiger partial charge in [-0.05, 0) is 55.8 Å². The molecule has 0 aliphatic rings. The number of anilines is 1. The Balaban J connectivity index is 2.10. The van der Waals surface area contributed by atoms with Gasteiger partial charge in [0.2, 0.25) is 0 Å². The molecule has 0 atom stereocenters. The Morgan fingerprint density at radius 1 is 1.32 bits per heavy atom. The molecule has 25 heavy (non-hydrogen) atoms. The fourth-order valence-corrected chi connectivity index (χ4v) is 2.37. The van der Waals surface area contributed by atoms with Gasteiger partial charge in [-0.1, -0.05) is 11.6 Å². The molecule has 0 saturated heterocycles. The van der Waals surface area contributed by atoms with Gasteiger partial charge in [0.1, 0.15) is 5.82 Å². The first-order chi connectivity index (χ1) is 11.9. The maximum Gasteiger partial charge on any atom is 0.182 e. The van der Waals surface area contributed by atoms with Crippen LogP contribution < -0.4 is 5.32 Å². The Morgan fingerprint density at radius 2 is 2.00 bits per heavy atom. The molecule has 6 heteroatoms. The van der Waals surface area contributed by atoms with Gasteiger partial charge in [-0.15, -0.1) is 0 Å². The van der Waals surface area contributed by atoms with Crippen LogP contribution in [-0.2, 0) is 0 Å². The maximum absolute atomic E-state index is 12.9. The van der Waals surface area contributed by atoms with E-state index in [-0.39, 0.29) is 18.1 Å². The van der Waals surface area contributed by atoms with E-state index in [9.17, 15) is 9.18 Å². The predicted molar refractivity (Wildman–Crippen MR) is 102 cm³/mol. The zero-order valence-electron chi connectivity index (χ0n) is 14.5. The van der Waals surface area contributed by atoms with Crippen molar-refractivity contribution in [3.8, 4) is 0 Å². The molecule has 0 bridgehead atoms. The molecule has 0 saturated carbocycles. The molecule has 0 unspecified atom stereocenters. The number of aryl methyl sites for hydroxylation is 1. The quantitative estimate of drug-likeness (QED) is 0.442. The minimum atomic E-state index is -0.315. The molecule has 0 aromatic heterocycles. The fraction of sp³-hybridized carbons (Fsp3) is 0.263. The molecule has 0 aliphatic heterocycles. The van der Waals surface area contributed by atoms with E-state index in [1.807, 2.05) is 25.8 Å². The molecular weight excluding hydrogens is 341 g/mol. The van der Waals surface area contributed by atoms with Crippen LogP contribution in [0.25, 0.3) is 0 Å². The number of carbonyl (C=O) groups excluding carboxylic acids is 1. The lowest BCUT2D eigenvalue weighted by atomic mass is 10.0. The summed E-state index contributed by atoms with van der Waals surface area (Å²) >= 11 is 6.26. The summed E-state index contributed by atoms with van der Waals surface area (Å²) in [5, 5.41) is 3.41. The standard InChI is InChI=1S/C19H21ClFN3O/c1-4-24(3)12-23-18-9-13(2)16(10-17(18)20)19(25)11-22-15-7-5-14(21)6-8-15/h5-10,12,22H,4,11H2,1-3H3.